The van der Waals surface area contributed by atoms with Crippen LogP contribution >= 0.6 is 0 Å². The molecule has 2 aromatic heterocycles. The second kappa shape index (κ2) is 6.95. The number of rotatable bonds is 5. The standard InChI is InChI=1S/C18H18N4O2/c1-21-12-15(8-9-17(21)23)18(24)20-16(13-22-11-5-10-19-22)14-6-3-2-4-7-14/h2-12,16H,13H2,1H3,(H,20,24)/t16-/m1/s1. The number of carbonyl (C=O) groups is 1. The first kappa shape index (κ1) is 15.7. The molecule has 0 aliphatic rings. The SMILES string of the molecule is Cn1cc(C(=O)N[C@H](Cn2cccn2)c2ccccc2)ccc1=O. The van der Waals surface area contributed by atoms with Crippen molar-refractivity contribution in [2.75, 3.05) is 0 Å². The summed E-state index contributed by atoms with van der Waals surface area (Å²) in [5.41, 5.74) is 1.28. The summed E-state index contributed by atoms with van der Waals surface area (Å²) in [4.78, 5) is 24.0. The van der Waals surface area contributed by atoms with Crippen LogP contribution in [0.4, 0.5) is 0 Å². The molecule has 1 atom stereocenters. The lowest BCUT2D eigenvalue weighted by Crippen LogP contribution is -2.32. The predicted octanol–water partition coefficient (Wildman–Crippen LogP) is 1.75. The summed E-state index contributed by atoms with van der Waals surface area (Å²) < 4.78 is 3.17. The van der Waals surface area contributed by atoms with Crippen molar-refractivity contribution in [1.29, 1.82) is 0 Å². The molecule has 0 saturated heterocycles. The highest BCUT2D eigenvalue weighted by atomic mass is 16.2. The van der Waals surface area contributed by atoms with Crippen LogP contribution in [0.25, 0.3) is 0 Å². The zero-order chi connectivity index (χ0) is 16.9. The Morgan fingerprint density at radius 2 is 1.96 bits per heavy atom. The molecule has 1 amide bonds. The summed E-state index contributed by atoms with van der Waals surface area (Å²) in [6, 6.07) is 14.3. The Kier molecular flexibility index (Phi) is 4.56. The van der Waals surface area contributed by atoms with Crippen LogP contribution in [-0.4, -0.2) is 20.3 Å². The molecule has 6 nitrogen and oxygen atoms in total. The van der Waals surface area contributed by atoms with E-state index in [1.807, 2.05) is 42.6 Å². The summed E-state index contributed by atoms with van der Waals surface area (Å²) >= 11 is 0. The second-order valence-electron chi connectivity index (χ2n) is 5.53. The molecule has 0 bridgehead atoms. The maximum absolute atomic E-state index is 12.6. The molecular weight excluding hydrogens is 304 g/mol. The van der Waals surface area contributed by atoms with Gasteiger partial charge in [0, 0.05) is 31.7 Å². The van der Waals surface area contributed by atoms with Crippen LogP contribution in [0, 0.1) is 0 Å². The zero-order valence-corrected chi connectivity index (χ0v) is 13.3. The number of carbonyl (C=O) groups excluding carboxylic acids is 1. The topological polar surface area (TPSA) is 68.9 Å². The molecule has 2 heterocycles. The van der Waals surface area contributed by atoms with Gasteiger partial charge in [0.25, 0.3) is 5.91 Å². The number of hydrogen-bond acceptors (Lipinski definition) is 3. The first-order valence-corrected chi connectivity index (χ1v) is 7.63. The van der Waals surface area contributed by atoms with Crippen LogP contribution in [0.15, 0.2) is 71.9 Å². The van der Waals surface area contributed by atoms with E-state index in [1.165, 1.54) is 22.9 Å². The summed E-state index contributed by atoms with van der Waals surface area (Å²) in [7, 11) is 1.62. The number of aromatic nitrogens is 3. The number of aryl methyl sites for hydroxylation is 1. The molecular formula is C18H18N4O2. The van der Waals surface area contributed by atoms with Gasteiger partial charge >= 0.3 is 0 Å². The fourth-order valence-corrected chi connectivity index (χ4v) is 2.49. The van der Waals surface area contributed by atoms with Crippen LogP contribution in [0.2, 0.25) is 0 Å². The summed E-state index contributed by atoms with van der Waals surface area (Å²) in [6.07, 6.45) is 5.10. The van der Waals surface area contributed by atoms with Gasteiger partial charge in [0.05, 0.1) is 18.2 Å². The third kappa shape index (κ3) is 3.60. The van der Waals surface area contributed by atoms with Gasteiger partial charge in [-0.25, -0.2) is 0 Å². The quantitative estimate of drug-likeness (QED) is 0.778. The number of nitrogens with zero attached hydrogens (tertiary/aromatic N) is 3. The van der Waals surface area contributed by atoms with Gasteiger partial charge in [-0.05, 0) is 17.7 Å². The van der Waals surface area contributed by atoms with Crippen LogP contribution in [0.5, 0.6) is 0 Å². The molecule has 1 N–H and O–H groups in total. The van der Waals surface area contributed by atoms with Crippen molar-refractivity contribution in [2.24, 2.45) is 7.05 Å². The monoisotopic (exact) mass is 322 g/mol. The summed E-state index contributed by atoms with van der Waals surface area (Å²) in [5, 5.41) is 7.23. The number of benzene rings is 1. The lowest BCUT2D eigenvalue weighted by atomic mass is 10.1. The van der Waals surface area contributed by atoms with Crippen molar-refractivity contribution in [3.8, 4) is 0 Å². The molecule has 1 aromatic carbocycles. The minimum atomic E-state index is -0.230. The lowest BCUT2D eigenvalue weighted by Gasteiger charge is -2.19. The van der Waals surface area contributed by atoms with Crippen LogP contribution in [0.1, 0.15) is 22.0 Å². The van der Waals surface area contributed by atoms with E-state index in [1.54, 1.807) is 17.9 Å². The third-order valence-electron chi connectivity index (χ3n) is 3.78. The lowest BCUT2D eigenvalue weighted by molar-refractivity contribution is 0.0931. The number of nitrogens with one attached hydrogen (secondary N) is 1. The van der Waals surface area contributed by atoms with Crippen LogP contribution in [-0.2, 0) is 13.6 Å². The molecule has 3 rings (SSSR count). The fourth-order valence-electron chi connectivity index (χ4n) is 2.49. The van der Waals surface area contributed by atoms with Crippen molar-refractivity contribution in [1.82, 2.24) is 19.7 Å². The van der Waals surface area contributed by atoms with Gasteiger partial charge in [-0.3, -0.25) is 14.3 Å². The molecule has 0 spiro atoms. The fraction of sp³-hybridized carbons (Fsp3) is 0.167. The van der Waals surface area contributed by atoms with Gasteiger partial charge in [-0.2, -0.15) is 5.10 Å². The Labute approximate surface area is 139 Å². The average molecular weight is 322 g/mol. The van der Waals surface area contributed by atoms with E-state index in [9.17, 15) is 9.59 Å². The highest BCUT2D eigenvalue weighted by Crippen LogP contribution is 2.15. The zero-order valence-electron chi connectivity index (χ0n) is 13.3. The third-order valence-corrected chi connectivity index (χ3v) is 3.78. The van der Waals surface area contributed by atoms with Gasteiger partial charge in [0.15, 0.2) is 0 Å². The molecule has 3 aromatic rings. The molecule has 0 fully saturated rings. The number of hydrogen-bond donors (Lipinski definition) is 1. The van der Waals surface area contributed by atoms with E-state index in [-0.39, 0.29) is 17.5 Å². The van der Waals surface area contributed by atoms with Gasteiger partial charge in [0.2, 0.25) is 5.56 Å². The Morgan fingerprint density at radius 3 is 2.62 bits per heavy atom. The minimum Gasteiger partial charge on any atom is -0.343 e. The Morgan fingerprint density at radius 1 is 1.17 bits per heavy atom. The van der Waals surface area contributed by atoms with E-state index in [4.69, 9.17) is 0 Å². The number of amides is 1. The van der Waals surface area contributed by atoms with Crippen LogP contribution in [0.3, 0.4) is 0 Å². The second-order valence-corrected chi connectivity index (χ2v) is 5.53. The Bertz CT molecular complexity index is 870. The van der Waals surface area contributed by atoms with E-state index in [0.717, 1.165) is 5.56 Å². The van der Waals surface area contributed by atoms with Crippen molar-refractivity contribution in [3.05, 3.63) is 88.6 Å². The average Bonchev–Trinajstić information content (AvgIpc) is 3.10. The molecule has 0 radical (unpaired) electrons. The van der Waals surface area contributed by atoms with Gasteiger partial charge in [0.1, 0.15) is 0 Å². The molecule has 0 unspecified atom stereocenters. The first-order chi connectivity index (χ1) is 11.6. The van der Waals surface area contributed by atoms with Crippen molar-refractivity contribution in [3.63, 3.8) is 0 Å². The number of pyridine rings is 1. The molecule has 122 valence electrons. The normalized spacial score (nSPS) is 11.9. The van der Waals surface area contributed by atoms with Crippen LogP contribution < -0.4 is 10.9 Å². The van der Waals surface area contributed by atoms with E-state index < -0.39 is 0 Å². The smallest absolute Gasteiger partial charge is 0.253 e. The maximum atomic E-state index is 12.6. The Balaban J connectivity index is 1.84. The van der Waals surface area contributed by atoms with Crippen molar-refractivity contribution < 1.29 is 4.79 Å². The minimum absolute atomic E-state index is 0.150. The highest BCUT2D eigenvalue weighted by molar-refractivity contribution is 5.94. The van der Waals surface area contributed by atoms with Crippen molar-refractivity contribution in [2.45, 2.75) is 12.6 Å². The predicted molar refractivity (Wildman–Crippen MR) is 90.6 cm³/mol. The van der Waals surface area contributed by atoms with E-state index >= 15 is 0 Å². The van der Waals surface area contributed by atoms with E-state index in [0.29, 0.717) is 12.1 Å². The molecule has 24 heavy (non-hydrogen) atoms. The Hall–Kier alpha value is -3.15. The molecule has 0 saturated carbocycles. The molecule has 6 heteroatoms. The maximum Gasteiger partial charge on any atom is 0.253 e. The molecule has 0 aliphatic heterocycles. The van der Waals surface area contributed by atoms with Gasteiger partial charge < -0.3 is 9.88 Å². The summed E-state index contributed by atoms with van der Waals surface area (Å²) in [6.45, 7) is 0.522. The van der Waals surface area contributed by atoms with Gasteiger partial charge in [-0.15, -0.1) is 0 Å². The first-order valence-electron chi connectivity index (χ1n) is 7.63. The van der Waals surface area contributed by atoms with Gasteiger partial charge in [-0.1, -0.05) is 30.3 Å². The summed E-state index contributed by atoms with van der Waals surface area (Å²) in [5.74, 6) is -0.230. The largest absolute Gasteiger partial charge is 0.343 e. The molecule has 0 aliphatic carbocycles. The van der Waals surface area contributed by atoms with E-state index in [2.05, 4.69) is 10.4 Å². The highest BCUT2D eigenvalue weighted by Gasteiger charge is 2.17. The van der Waals surface area contributed by atoms with Crippen molar-refractivity contribution >= 4 is 5.91 Å².